The van der Waals surface area contributed by atoms with Gasteiger partial charge in [0, 0.05) is 19.3 Å². The van der Waals surface area contributed by atoms with E-state index in [9.17, 15) is 28.8 Å². The molecule has 12 nitrogen and oxygen atoms in total. The van der Waals surface area contributed by atoms with Crippen LogP contribution in [0.4, 0.5) is 4.79 Å². The van der Waals surface area contributed by atoms with Crippen molar-refractivity contribution < 1.29 is 57.2 Å². The van der Waals surface area contributed by atoms with Gasteiger partial charge in [0.2, 0.25) is 6.79 Å². The molecule has 0 saturated carbocycles. The molecule has 1 aromatic carbocycles. The zero-order valence-corrected chi connectivity index (χ0v) is 38.8. The second-order valence-electron chi connectivity index (χ2n) is 16.6. The Labute approximate surface area is 373 Å². The number of unbranched alkanes of at least 4 members (excludes halogenated alkanes) is 24. The Morgan fingerprint density at radius 3 is 1.21 bits per heavy atom. The van der Waals surface area contributed by atoms with Crippen molar-refractivity contribution in [2.75, 3.05) is 20.0 Å². The highest BCUT2D eigenvalue weighted by Crippen LogP contribution is 2.16. The number of carbonyl (C=O) groups is 6. The number of ketones is 1. The van der Waals surface area contributed by atoms with Crippen molar-refractivity contribution in [2.24, 2.45) is 0 Å². The second-order valence-corrected chi connectivity index (χ2v) is 16.6. The zero-order chi connectivity index (χ0) is 45.3. The van der Waals surface area contributed by atoms with E-state index in [1.165, 1.54) is 135 Å². The third-order valence-electron chi connectivity index (χ3n) is 10.6. The molecule has 62 heavy (non-hydrogen) atoms. The molecule has 0 atom stereocenters. The first-order valence-electron chi connectivity index (χ1n) is 24.2. The van der Waals surface area contributed by atoms with Crippen LogP contribution in [0.25, 0.3) is 0 Å². The maximum Gasteiger partial charge on any atom is 0.516 e. The summed E-state index contributed by atoms with van der Waals surface area (Å²) >= 11 is 0. The van der Waals surface area contributed by atoms with E-state index in [-0.39, 0.29) is 56.9 Å². The van der Waals surface area contributed by atoms with E-state index in [1.54, 1.807) is 12.1 Å². The maximum absolute atomic E-state index is 12.7. The lowest BCUT2D eigenvalue weighted by molar-refractivity contribution is -0.168. The molecule has 0 bridgehead atoms. The van der Waals surface area contributed by atoms with Gasteiger partial charge in [-0.25, -0.2) is 4.79 Å². The molecule has 0 N–H and O–H groups in total. The largest absolute Gasteiger partial charge is 0.516 e. The van der Waals surface area contributed by atoms with Crippen molar-refractivity contribution >= 4 is 35.8 Å². The first-order valence-corrected chi connectivity index (χ1v) is 24.2. The lowest BCUT2D eigenvalue weighted by atomic mass is 10.0. The molecule has 354 valence electrons. The van der Waals surface area contributed by atoms with Crippen molar-refractivity contribution in [3.63, 3.8) is 0 Å². The van der Waals surface area contributed by atoms with Crippen molar-refractivity contribution in [2.45, 2.75) is 226 Å². The lowest BCUT2D eigenvalue weighted by Gasteiger charge is -2.18. The van der Waals surface area contributed by atoms with Crippen LogP contribution in [-0.2, 0) is 54.1 Å². The van der Waals surface area contributed by atoms with Crippen LogP contribution in [0.1, 0.15) is 219 Å². The van der Waals surface area contributed by atoms with Crippen molar-refractivity contribution in [3.05, 3.63) is 29.8 Å². The van der Waals surface area contributed by atoms with E-state index >= 15 is 0 Å². The normalized spacial score (nSPS) is 11.0. The number of Topliss-reactive ketones (excluding diaryl/α,β-unsaturated/α-hetero) is 1. The second kappa shape index (κ2) is 39.9. The van der Waals surface area contributed by atoms with Crippen LogP contribution < -0.4 is 4.74 Å². The average molecular weight is 875 g/mol. The summed E-state index contributed by atoms with van der Waals surface area (Å²) in [5.41, 5.74) is 0.763. The molecule has 0 fully saturated rings. The molecule has 0 aliphatic carbocycles. The van der Waals surface area contributed by atoms with Gasteiger partial charge in [0.25, 0.3) is 0 Å². The third kappa shape index (κ3) is 35.6. The molecule has 0 aliphatic heterocycles. The number of carbonyl (C=O) groups excluding carboxylic acids is 6. The lowest BCUT2D eigenvalue weighted by Crippen LogP contribution is -2.31. The fourth-order valence-electron chi connectivity index (χ4n) is 6.96. The van der Waals surface area contributed by atoms with E-state index in [1.807, 2.05) is 0 Å². The number of ether oxygens (including phenoxy) is 6. The van der Waals surface area contributed by atoms with Crippen molar-refractivity contribution in [1.82, 2.24) is 0 Å². The van der Waals surface area contributed by atoms with Crippen LogP contribution in [0.5, 0.6) is 5.75 Å². The standard InChI is InChI=1S/C50H82O12/c1-4-6-8-10-12-14-16-18-20-22-24-26-28-30-46(52)57-39-45(40-58-47(53)31-29-27-25-23-21-19-17-15-13-11-9-7-5-2)61-49(55)37-36-48(54)59-41-60-50(56)62-44-34-32-43(33-35-44)38-42(3)51/h32-35,45H,4-31,36-41H2,1-3H3. The van der Waals surface area contributed by atoms with Crippen LogP contribution in [-0.4, -0.2) is 61.9 Å². The minimum Gasteiger partial charge on any atom is -0.462 e. The van der Waals surface area contributed by atoms with Gasteiger partial charge >= 0.3 is 30.0 Å². The first-order chi connectivity index (χ1) is 30.1. The number of hydrogen-bond acceptors (Lipinski definition) is 12. The predicted octanol–water partition coefficient (Wildman–Crippen LogP) is 12.6. The van der Waals surface area contributed by atoms with Crippen LogP contribution in [0.2, 0.25) is 0 Å². The summed E-state index contributed by atoms with van der Waals surface area (Å²) in [5.74, 6) is -2.26. The summed E-state index contributed by atoms with van der Waals surface area (Å²) in [6.07, 6.45) is 29.0. The molecule has 0 amide bonds. The Kier molecular flexibility index (Phi) is 36.0. The molecule has 1 aromatic rings. The molecular formula is C50H82O12. The molecule has 12 heteroatoms. The van der Waals surface area contributed by atoms with Gasteiger partial charge in [0.1, 0.15) is 24.7 Å². The Morgan fingerprint density at radius 2 is 0.806 bits per heavy atom. The Balaban J connectivity index is 2.41. The summed E-state index contributed by atoms with van der Waals surface area (Å²) < 4.78 is 31.0. The first kappa shape index (κ1) is 56.1. The minimum atomic E-state index is -1.10. The van der Waals surface area contributed by atoms with Crippen LogP contribution in [0, 0.1) is 0 Å². The topological polar surface area (TPSA) is 158 Å². The summed E-state index contributed by atoms with van der Waals surface area (Å²) in [7, 11) is 0. The zero-order valence-electron chi connectivity index (χ0n) is 38.8. The molecule has 0 radical (unpaired) electrons. The van der Waals surface area contributed by atoms with Crippen LogP contribution in [0.15, 0.2) is 24.3 Å². The van der Waals surface area contributed by atoms with Gasteiger partial charge in [-0.1, -0.05) is 180 Å². The van der Waals surface area contributed by atoms with Gasteiger partial charge < -0.3 is 28.4 Å². The van der Waals surface area contributed by atoms with E-state index in [2.05, 4.69) is 13.8 Å². The van der Waals surface area contributed by atoms with E-state index in [4.69, 9.17) is 28.4 Å². The number of esters is 4. The number of benzene rings is 1. The highest BCUT2D eigenvalue weighted by molar-refractivity contribution is 5.78. The highest BCUT2D eigenvalue weighted by atomic mass is 16.8. The fraction of sp³-hybridized carbons (Fsp3) is 0.760. The van der Waals surface area contributed by atoms with Crippen LogP contribution >= 0.6 is 0 Å². The highest BCUT2D eigenvalue weighted by Gasteiger charge is 2.21. The Hall–Kier alpha value is -3.96. The van der Waals surface area contributed by atoms with E-state index in [0.717, 1.165) is 44.1 Å². The monoisotopic (exact) mass is 875 g/mol. The van der Waals surface area contributed by atoms with Gasteiger partial charge in [0.15, 0.2) is 6.10 Å². The van der Waals surface area contributed by atoms with Crippen molar-refractivity contribution in [3.8, 4) is 5.75 Å². The molecule has 0 aliphatic rings. The van der Waals surface area contributed by atoms with E-state index < -0.39 is 42.9 Å². The minimum absolute atomic E-state index is 0.000129. The van der Waals surface area contributed by atoms with E-state index in [0.29, 0.717) is 12.8 Å². The molecule has 1 rings (SSSR count). The number of rotatable bonds is 41. The van der Waals surface area contributed by atoms with Gasteiger partial charge in [0.05, 0.1) is 12.8 Å². The Morgan fingerprint density at radius 1 is 0.435 bits per heavy atom. The molecular weight excluding hydrogens is 793 g/mol. The van der Waals surface area contributed by atoms with Gasteiger partial charge in [-0.3, -0.25) is 24.0 Å². The van der Waals surface area contributed by atoms with Gasteiger partial charge in [-0.05, 0) is 37.5 Å². The molecule has 0 aromatic heterocycles. The molecule has 0 spiro atoms. The molecule has 0 unspecified atom stereocenters. The quantitative estimate of drug-likeness (QED) is 0.0202. The third-order valence-corrected chi connectivity index (χ3v) is 10.6. The summed E-state index contributed by atoms with van der Waals surface area (Å²) in [6, 6.07) is 6.30. The average Bonchev–Trinajstić information content (AvgIpc) is 3.24. The fourth-order valence-corrected chi connectivity index (χ4v) is 6.96. The summed E-state index contributed by atoms with van der Waals surface area (Å²) in [4.78, 5) is 73.3. The van der Waals surface area contributed by atoms with Crippen molar-refractivity contribution in [1.29, 1.82) is 0 Å². The maximum atomic E-state index is 12.7. The molecule has 0 heterocycles. The summed E-state index contributed by atoms with van der Waals surface area (Å²) in [6.45, 7) is 4.65. The predicted molar refractivity (Wildman–Crippen MR) is 241 cm³/mol. The van der Waals surface area contributed by atoms with Gasteiger partial charge in [-0.2, -0.15) is 0 Å². The van der Waals surface area contributed by atoms with Gasteiger partial charge in [-0.15, -0.1) is 0 Å². The smallest absolute Gasteiger partial charge is 0.462 e. The number of hydrogen-bond donors (Lipinski definition) is 0. The molecule has 0 saturated heterocycles. The SMILES string of the molecule is CCCCCCCCCCCCCCCC(=O)OCC(COC(=O)CCCCCCCCCCCCCCC)OC(=O)CCC(=O)OCOC(=O)Oc1ccc(CC(C)=O)cc1. The summed E-state index contributed by atoms with van der Waals surface area (Å²) in [5, 5.41) is 0. The Bertz CT molecular complexity index is 1280. The van der Waals surface area contributed by atoms with Crippen LogP contribution in [0.3, 0.4) is 0 Å².